The number of rotatable bonds is 5. The highest BCUT2D eigenvalue weighted by atomic mass is 35.5. The van der Waals surface area contributed by atoms with Gasteiger partial charge in [-0.1, -0.05) is 25.4 Å². The van der Waals surface area contributed by atoms with E-state index in [9.17, 15) is 9.59 Å². The Kier molecular flexibility index (Phi) is 6.03. The lowest BCUT2D eigenvalue weighted by molar-refractivity contribution is 0.0697. The number of halogens is 1. The summed E-state index contributed by atoms with van der Waals surface area (Å²) in [5.74, 6) is -0.602. The Bertz CT molecular complexity index is 532. The number of aromatic carboxylic acids is 1. The van der Waals surface area contributed by atoms with Gasteiger partial charge in [-0.25, -0.2) is 9.59 Å². The molecule has 5 nitrogen and oxygen atoms in total. The van der Waals surface area contributed by atoms with E-state index >= 15 is 0 Å². The number of carbonyl (C=O) groups excluding carboxylic acids is 1. The Balaban J connectivity index is 2.81. The van der Waals surface area contributed by atoms with Gasteiger partial charge in [0.2, 0.25) is 0 Å². The minimum atomic E-state index is -1.09. The minimum Gasteiger partial charge on any atom is -0.478 e. The van der Waals surface area contributed by atoms with Crippen molar-refractivity contribution in [2.24, 2.45) is 5.92 Å². The van der Waals surface area contributed by atoms with E-state index in [4.69, 9.17) is 16.7 Å². The van der Waals surface area contributed by atoms with Gasteiger partial charge in [-0.05, 0) is 37.5 Å². The van der Waals surface area contributed by atoms with Gasteiger partial charge >= 0.3 is 12.0 Å². The molecule has 0 radical (unpaired) electrons. The van der Waals surface area contributed by atoms with Crippen LogP contribution in [0.15, 0.2) is 18.2 Å². The fourth-order valence-corrected chi connectivity index (χ4v) is 2.27. The second-order valence-electron chi connectivity index (χ2n) is 5.55. The van der Waals surface area contributed by atoms with E-state index in [-0.39, 0.29) is 22.7 Å². The maximum absolute atomic E-state index is 12.2. The number of carboxylic acids is 1. The summed E-state index contributed by atoms with van der Waals surface area (Å²) in [4.78, 5) is 24.7. The van der Waals surface area contributed by atoms with Gasteiger partial charge in [0.1, 0.15) is 0 Å². The number of carboxylic acid groups (broad SMARTS) is 1. The molecule has 0 saturated carbocycles. The van der Waals surface area contributed by atoms with Gasteiger partial charge in [0, 0.05) is 23.8 Å². The molecule has 0 saturated heterocycles. The van der Waals surface area contributed by atoms with E-state index in [0.29, 0.717) is 11.6 Å². The van der Waals surface area contributed by atoms with Crippen molar-refractivity contribution in [1.82, 2.24) is 4.90 Å². The summed E-state index contributed by atoms with van der Waals surface area (Å²) in [5, 5.41) is 11.9. The van der Waals surface area contributed by atoms with Crippen LogP contribution in [-0.4, -0.2) is 35.1 Å². The van der Waals surface area contributed by atoms with Gasteiger partial charge in [-0.2, -0.15) is 0 Å². The molecule has 2 amide bonds. The summed E-state index contributed by atoms with van der Waals surface area (Å²) in [5.41, 5.74) is 0.407. The second kappa shape index (κ2) is 7.31. The first-order valence-corrected chi connectivity index (χ1v) is 7.16. The van der Waals surface area contributed by atoms with Crippen LogP contribution in [-0.2, 0) is 0 Å². The second-order valence-corrected chi connectivity index (χ2v) is 5.99. The smallest absolute Gasteiger partial charge is 0.335 e. The average Bonchev–Trinajstić information content (AvgIpc) is 2.36. The predicted molar refractivity (Wildman–Crippen MR) is 84.1 cm³/mol. The molecule has 0 aliphatic rings. The quantitative estimate of drug-likeness (QED) is 0.865. The molecule has 0 fully saturated rings. The lowest BCUT2D eigenvalue weighted by Gasteiger charge is -2.26. The van der Waals surface area contributed by atoms with Gasteiger partial charge in [-0.3, -0.25) is 0 Å². The molecule has 0 aliphatic carbocycles. The van der Waals surface area contributed by atoms with Crippen LogP contribution in [0, 0.1) is 5.92 Å². The number of urea groups is 1. The number of hydrogen-bond acceptors (Lipinski definition) is 2. The van der Waals surface area contributed by atoms with E-state index in [1.54, 1.807) is 11.9 Å². The van der Waals surface area contributed by atoms with E-state index < -0.39 is 5.97 Å². The molecule has 1 atom stereocenters. The number of anilines is 1. The first kappa shape index (κ1) is 17.3. The number of nitrogens with zero attached hydrogens (tertiary/aromatic N) is 1. The zero-order chi connectivity index (χ0) is 16.2. The third-order valence-corrected chi connectivity index (χ3v) is 3.41. The standard InChI is InChI=1S/C15H21ClN2O3/c1-9(2)5-10(3)18(4)15(21)17-13-7-11(14(19)20)6-12(16)8-13/h6-10H,5H2,1-4H3,(H,17,21)(H,19,20). The molecule has 1 aromatic rings. The predicted octanol–water partition coefficient (Wildman–Crippen LogP) is 3.94. The highest BCUT2D eigenvalue weighted by Gasteiger charge is 2.17. The van der Waals surface area contributed by atoms with E-state index in [2.05, 4.69) is 19.2 Å². The summed E-state index contributed by atoms with van der Waals surface area (Å²) in [6, 6.07) is 4.04. The lowest BCUT2D eigenvalue weighted by Crippen LogP contribution is -2.38. The largest absolute Gasteiger partial charge is 0.478 e. The van der Waals surface area contributed by atoms with Crippen molar-refractivity contribution >= 4 is 29.3 Å². The van der Waals surface area contributed by atoms with Crippen LogP contribution >= 0.6 is 11.6 Å². The molecule has 1 unspecified atom stereocenters. The molecule has 1 rings (SSSR count). The Morgan fingerprint density at radius 3 is 2.43 bits per heavy atom. The molecule has 0 bridgehead atoms. The minimum absolute atomic E-state index is 0.0377. The van der Waals surface area contributed by atoms with Gasteiger partial charge in [0.25, 0.3) is 0 Å². The maximum Gasteiger partial charge on any atom is 0.335 e. The van der Waals surface area contributed by atoms with E-state index in [1.807, 2.05) is 6.92 Å². The molecule has 116 valence electrons. The zero-order valence-corrected chi connectivity index (χ0v) is 13.4. The van der Waals surface area contributed by atoms with Crippen molar-refractivity contribution < 1.29 is 14.7 Å². The summed E-state index contributed by atoms with van der Waals surface area (Å²) in [6.45, 7) is 6.16. The fraction of sp³-hybridized carbons (Fsp3) is 0.467. The number of amides is 2. The summed E-state index contributed by atoms with van der Waals surface area (Å²) >= 11 is 5.86. The van der Waals surface area contributed by atoms with Crippen molar-refractivity contribution in [2.75, 3.05) is 12.4 Å². The van der Waals surface area contributed by atoms with Crippen LogP contribution < -0.4 is 5.32 Å². The Morgan fingerprint density at radius 1 is 1.29 bits per heavy atom. The summed E-state index contributed by atoms with van der Waals surface area (Å²) < 4.78 is 0. The first-order chi connectivity index (χ1) is 9.70. The highest BCUT2D eigenvalue weighted by Crippen LogP contribution is 2.20. The van der Waals surface area contributed by atoms with Crippen molar-refractivity contribution in [2.45, 2.75) is 33.2 Å². The molecular weight excluding hydrogens is 292 g/mol. The van der Waals surface area contributed by atoms with Crippen LogP contribution in [0.1, 0.15) is 37.6 Å². The van der Waals surface area contributed by atoms with Gasteiger partial charge < -0.3 is 15.3 Å². The molecule has 0 aliphatic heterocycles. The summed E-state index contributed by atoms with van der Waals surface area (Å²) in [7, 11) is 1.71. The van der Waals surface area contributed by atoms with Gasteiger partial charge in [-0.15, -0.1) is 0 Å². The van der Waals surface area contributed by atoms with E-state index in [0.717, 1.165) is 6.42 Å². The zero-order valence-electron chi connectivity index (χ0n) is 12.7. The van der Waals surface area contributed by atoms with Crippen molar-refractivity contribution in [3.63, 3.8) is 0 Å². The van der Waals surface area contributed by atoms with Crippen LogP contribution in [0.2, 0.25) is 5.02 Å². The molecule has 2 N–H and O–H groups in total. The topological polar surface area (TPSA) is 69.6 Å². The molecular formula is C15H21ClN2O3. The molecule has 0 heterocycles. The van der Waals surface area contributed by atoms with Crippen LogP contribution in [0.4, 0.5) is 10.5 Å². The van der Waals surface area contributed by atoms with Gasteiger partial charge in [0.15, 0.2) is 0 Å². The third-order valence-electron chi connectivity index (χ3n) is 3.19. The molecule has 0 aromatic heterocycles. The lowest BCUT2D eigenvalue weighted by atomic mass is 10.0. The molecule has 1 aromatic carbocycles. The number of nitrogens with one attached hydrogen (secondary N) is 1. The van der Waals surface area contributed by atoms with Crippen LogP contribution in [0.25, 0.3) is 0 Å². The molecule has 21 heavy (non-hydrogen) atoms. The van der Waals surface area contributed by atoms with Crippen LogP contribution in [0.5, 0.6) is 0 Å². The number of benzene rings is 1. The SMILES string of the molecule is CC(C)CC(C)N(C)C(=O)Nc1cc(Cl)cc(C(=O)O)c1. The Labute approximate surface area is 129 Å². The third kappa shape index (κ3) is 5.27. The Hall–Kier alpha value is -1.75. The van der Waals surface area contributed by atoms with Gasteiger partial charge in [0.05, 0.1) is 5.56 Å². The monoisotopic (exact) mass is 312 g/mol. The average molecular weight is 313 g/mol. The summed E-state index contributed by atoms with van der Waals surface area (Å²) in [6.07, 6.45) is 0.889. The maximum atomic E-state index is 12.2. The van der Waals surface area contributed by atoms with E-state index in [1.165, 1.54) is 18.2 Å². The fourth-order valence-electron chi connectivity index (χ4n) is 2.04. The normalized spacial score (nSPS) is 12.1. The van der Waals surface area contributed by atoms with Crippen molar-refractivity contribution in [1.29, 1.82) is 0 Å². The first-order valence-electron chi connectivity index (χ1n) is 6.78. The molecule has 6 heteroatoms. The van der Waals surface area contributed by atoms with Crippen molar-refractivity contribution in [3.05, 3.63) is 28.8 Å². The Morgan fingerprint density at radius 2 is 1.90 bits per heavy atom. The number of hydrogen-bond donors (Lipinski definition) is 2. The number of carbonyl (C=O) groups is 2. The van der Waals surface area contributed by atoms with Crippen molar-refractivity contribution in [3.8, 4) is 0 Å². The highest BCUT2D eigenvalue weighted by molar-refractivity contribution is 6.31. The molecule has 0 spiro atoms. The van der Waals surface area contributed by atoms with Crippen LogP contribution in [0.3, 0.4) is 0 Å².